The summed E-state index contributed by atoms with van der Waals surface area (Å²) >= 11 is 0. The average molecular weight is 206 g/mol. The number of hydrogen-bond acceptors (Lipinski definition) is 2. The number of likely N-dealkylation sites (tertiary alicyclic amines) is 1. The van der Waals surface area contributed by atoms with E-state index in [0.717, 1.165) is 6.42 Å². The van der Waals surface area contributed by atoms with Gasteiger partial charge < -0.3 is 10.6 Å². The molecule has 1 heterocycles. The smallest absolute Gasteiger partial charge is 0.336 e. The van der Waals surface area contributed by atoms with Crippen molar-refractivity contribution in [2.24, 2.45) is 11.1 Å². The van der Waals surface area contributed by atoms with Gasteiger partial charge in [-0.15, -0.1) is 0 Å². The van der Waals surface area contributed by atoms with Gasteiger partial charge in [0.05, 0.1) is 6.54 Å². The lowest BCUT2D eigenvalue weighted by atomic mass is 9.93. The molecule has 3 nitrogen and oxygen atoms in total. The summed E-state index contributed by atoms with van der Waals surface area (Å²) in [6.45, 7) is 3.80. The highest BCUT2D eigenvalue weighted by molar-refractivity contribution is 5.84. The van der Waals surface area contributed by atoms with Crippen molar-refractivity contribution in [3.05, 3.63) is 0 Å². The summed E-state index contributed by atoms with van der Waals surface area (Å²) in [6, 6.07) is 0. The Hall–Kier alpha value is -0.710. The predicted octanol–water partition coefficient (Wildman–Crippen LogP) is 0.839. The van der Waals surface area contributed by atoms with Gasteiger partial charge in [0.25, 0.3) is 5.91 Å². The molecular formula is C9H16F2N2O. The molecule has 82 valence electrons. The van der Waals surface area contributed by atoms with E-state index in [1.165, 1.54) is 4.90 Å². The van der Waals surface area contributed by atoms with E-state index in [2.05, 4.69) is 0 Å². The normalized spacial score (nSPS) is 21.4. The third kappa shape index (κ3) is 2.20. The zero-order valence-electron chi connectivity index (χ0n) is 8.52. The first-order valence-corrected chi connectivity index (χ1v) is 4.66. The quantitative estimate of drug-likeness (QED) is 0.727. The Bertz CT molecular complexity index is 241. The van der Waals surface area contributed by atoms with E-state index in [9.17, 15) is 13.6 Å². The average Bonchev–Trinajstić information content (AvgIpc) is 2.44. The first kappa shape index (κ1) is 11.4. The molecule has 0 aromatic rings. The molecule has 0 aromatic heterocycles. The van der Waals surface area contributed by atoms with Gasteiger partial charge in [-0.2, -0.15) is 8.78 Å². The maximum absolute atomic E-state index is 12.9. The Balaban J connectivity index is 2.65. The lowest BCUT2D eigenvalue weighted by molar-refractivity contribution is -0.155. The number of amides is 1. The molecule has 1 aliphatic heterocycles. The zero-order valence-corrected chi connectivity index (χ0v) is 8.52. The number of halogens is 2. The first-order chi connectivity index (χ1) is 6.28. The Kier molecular flexibility index (Phi) is 2.81. The third-order valence-electron chi connectivity index (χ3n) is 2.53. The summed E-state index contributed by atoms with van der Waals surface area (Å²) in [5.41, 5.74) is 4.79. The summed E-state index contributed by atoms with van der Waals surface area (Å²) in [5.74, 6) is -4.54. The molecule has 1 saturated heterocycles. The fourth-order valence-electron chi connectivity index (χ4n) is 1.60. The fraction of sp³-hybridized carbons (Fsp3) is 0.889. The number of nitrogens with zero attached hydrogens (tertiary/aromatic N) is 1. The molecule has 1 fully saturated rings. The Morgan fingerprint density at radius 2 is 2.14 bits per heavy atom. The summed E-state index contributed by atoms with van der Waals surface area (Å²) in [6.07, 6.45) is 0.763. The summed E-state index contributed by atoms with van der Waals surface area (Å²) in [4.78, 5) is 12.5. The molecule has 5 heteroatoms. The van der Waals surface area contributed by atoms with Crippen molar-refractivity contribution in [1.82, 2.24) is 4.90 Å². The van der Waals surface area contributed by atoms with Crippen LogP contribution in [0.4, 0.5) is 8.78 Å². The van der Waals surface area contributed by atoms with Crippen molar-refractivity contribution < 1.29 is 13.6 Å². The van der Waals surface area contributed by atoms with Crippen molar-refractivity contribution in [3.8, 4) is 0 Å². The van der Waals surface area contributed by atoms with Crippen LogP contribution in [0, 0.1) is 5.41 Å². The van der Waals surface area contributed by atoms with Gasteiger partial charge >= 0.3 is 5.92 Å². The van der Waals surface area contributed by atoms with Gasteiger partial charge in [0.15, 0.2) is 0 Å². The SMILES string of the molecule is CC1(C)CCN(C(=O)C(F)(F)CN)C1. The van der Waals surface area contributed by atoms with Crippen LogP contribution in [0.15, 0.2) is 0 Å². The highest BCUT2D eigenvalue weighted by Gasteiger charge is 2.44. The Morgan fingerprint density at radius 3 is 2.50 bits per heavy atom. The van der Waals surface area contributed by atoms with Gasteiger partial charge in [-0.1, -0.05) is 13.8 Å². The van der Waals surface area contributed by atoms with Gasteiger partial charge in [-0.3, -0.25) is 4.79 Å². The lowest BCUT2D eigenvalue weighted by Crippen LogP contribution is -2.47. The van der Waals surface area contributed by atoms with Crippen LogP contribution in [-0.4, -0.2) is 36.4 Å². The largest absolute Gasteiger partial charge is 0.337 e. The minimum absolute atomic E-state index is 0.0552. The third-order valence-corrected chi connectivity index (χ3v) is 2.53. The van der Waals surface area contributed by atoms with Crippen LogP contribution in [0.1, 0.15) is 20.3 Å². The molecule has 1 amide bonds. The van der Waals surface area contributed by atoms with Gasteiger partial charge in [-0.05, 0) is 11.8 Å². The molecule has 1 rings (SSSR count). The Labute approximate surface area is 82.2 Å². The molecule has 0 aromatic carbocycles. The topological polar surface area (TPSA) is 46.3 Å². The highest BCUT2D eigenvalue weighted by Crippen LogP contribution is 2.31. The van der Waals surface area contributed by atoms with Crippen molar-refractivity contribution in [2.45, 2.75) is 26.2 Å². The van der Waals surface area contributed by atoms with E-state index in [-0.39, 0.29) is 5.41 Å². The molecule has 14 heavy (non-hydrogen) atoms. The van der Waals surface area contributed by atoms with Crippen molar-refractivity contribution in [3.63, 3.8) is 0 Å². The maximum Gasteiger partial charge on any atom is 0.336 e. The van der Waals surface area contributed by atoms with Crippen LogP contribution in [0.5, 0.6) is 0 Å². The molecule has 0 spiro atoms. The number of alkyl halides is 2. The van der Waals surface area contributed by atoms with Crippen LogP contribution in [-0.2, 0) is 4.79 Å². The second kappa shape index (κ2) is 3.46. The van der Waals surface area contributed by atoms with Gasteiger partial charge in [-0.25, -0.2) is 0 Å². The molecule has 2 N–H and O–H groups in total. The monoisotopic (exact) mass is 206 g/mol. The molecular weight excluding hydrogens is 190 g/mol. The number of nitrogens with two attached hydrogens (primary N) is 1. The minimum atomic E-state index is -3.40. The first-order valence-electron chi connectivity index (χ1n) is 4.66. The van der Waals surface area contributed by atoms with E-state index in [4.69, 9.17) is 5.73 Å². The molecule has 0 saturated carbocycles. The second-order valence-electron chi connectivity index (χ2n) is 4.55. The fourth-order valence-corrected chi connectivity index (χ4v) is 1.60. The minimum Gasteiger partial charge on any atom is -0.337 e. The molecule has 0 radical (unpaired) electrons. The van der Waals surface area contributed by atoms with Crippen molar-refractivity contribution >= 4 is 5.91 Å². The number of carbonyl (C=O) groups excluding carboxylic acids is 1. The van der Waals surface area contributed by atoms with Gasteiger partial charge in [0, 0.05) is 13.1 Å². The second-order valence-corrected chi connectivity index (χ2v) is 4.55. The van der Waals surface area contributed by atoms with Crippen LogP contribution in [0.3, 0.4) is 0 Å². The van der Waals surface area contributed by atoms with Crippen LogP contribution < -0.4 is 5.73 Å². The molecule has 0 bridgehead atoms. The summed E-state index contributed by atoms with van der Waals surface area (Å²) in [7, 11) is 0. The Morgan fingerprint density at radius 1 is 1.57 bits per heavy atom. The lowest BCUT2D eigenvalue weighted by Gasteiger charge is -2.23. The predicted molar refractivity (Wildman–Crippen MR) is 49.0 cm³/mol. The van der Waals surface area contributed by atoms with Gasteiger partial charge in [0.2, 0.25) is 0 Å². The number of rotatable bonds is 2. The van der Waals surface area contributed by atoms with Crippen LogP contribution in [0.25, 0.3) is 0 Å². The summed E-state index contributed by atoms with van der Waals surface area (Å²) in [5, 5.41) is 0. The van der Waals surface area contributed by atoms with E-state index < -0.39 is 18.4 Å². The highest BCUT2D eigenvalue weighted by atomic mass is 19.3. The van der Waals surface area contributed by atoms with Crippen LogP contribution >= 0.6 is 0 Å². The van der Waals surface area contributed by atoms with E-state index in [0.29, 0.717) is 13.1 Å². The zero-order chi connectivity index (χ0) is 11.0. The summed E-state index contributed by atoms with van der Waals surface area (Å²) < 4.78 is 25.9. The van der Waals surface area contributed by atoms with Crippen molar-refractivity contribution in [1.29, 1.82) is 0 Å². The molecule has 0 aliphatic carbocycles. The van der Waals surface area contributed by atoms with E-state index in [1.54, 1.807) is 0 Å². The molecule has 0 unspecified atom stereocenters. The molecule has 0 atom stereocenters. The van der Waals surface area contributed by atoms with Gasteiger partial charge in [0.1, 0.15) is 0 Å². The van der Waals surface area contributed by atoms with E-state index >= 15 is 0 Å². The van der Waals surface area contributed by atoms with E-state index in [1.807, 2.05) is 13.8 Å². The maximum atomic E-state index is 12.9. The molecule has 1 aliphatic rings. The standard InChI is InChI=1S/C9H16F2N2O/c1-8(2)3-4-13(6-8)7(14)9(10,11)5-12/h3-6,12H2,1-2H3. The number of carbonyl (C=O) groups is 1. The van der Waals surface area contributed by atoms with Crippen LogP contribution in [0.2, 0.25) is 0 Å². The van der Waals surface area contributed by atoms with Crippen molar-refractivity contribution in [2.75, 3.05) is 19.6 Å². The number of hydrogen-bond donors (Lipinski definition) is 1.